The molecule has 0 spiro atoms. The number of hydrogen-bond acceptors (Lipinski definition) is 6. The zero-order valence-electron chi connectivity index (χ0n) is 12.5. The predicted molar refractivity (Wildman–Crippen MR) is 78.5 cm³/mol. The van der Waals surface area contributed by atoms with E-state index in [4.69, 9.17) is 5.11 Å². The van der Waals surface area contributed by atoms with Crippen molar-refractivity contribution >= 4 is 29.3 Å². The van der Waals surface area contributed by atoms with Crippen molar-refractivity contribution in [1.82, 2.24) is 19.4 Å². The summed E-state index contributed by atoms with van der Waals surface area (Å²) >= 11 is 0.998. The molecule has 2 rings (SSSR count). The minimum absolute atomic E-state index is 0.0808. The summed E-state index contributed by atoms with van der Waals surface area (Å²) in [6.45, 7) is 2.35. The second-order valence-electron chi connectivity index (χ2n) is 5.37. The Morgan fingerprint density at radius 2 is 2.18 bits per heavy atom. The lowest BCUT2D eigenvalue weighted by Crippen LogP contribution is -2.46. The van der Waals surface area contributed by atoms with E-state index in [1.165, 1.54) is 16.8 Å². The van der Waals surface area contributed by atoms with Crippen molar-refractivity contribution in [2.75, 3.05) is 26.7 Å². The quantitative estimate of drug-likeness (QED) is 0.850. The second kappa shape index (κ2) is 6.82. The number of nitrogens with zero attached hydrogens (tertiary/aromatic N) is 4. The van der Waals surface area contributed by atoms with Gasteiger partial charge in [0.2, 0.25) is 5.91 Å². The lowest BCUT2D eigenvalue weighted by Gasteiger charge is -2.31. The Balaban J connectivity index is 1.95. The number of carboxylic acids is 1. The normalized spacial score (nSPS) is 18.1. The monoisotopic (exact) mass is 326 g/mol. The molecule has 1 atom stereocenters. The van der Waals surface area contributed by atoms with Crippen LogP contribution in [0.3, 0.4) is 0 Å². The number of rotatable bonds is 4. The Kier molecular flexibility index (Phi) is 5.07. The molecule has 120 valence electrons. The lowest BCUT2D eigenvalue weighted by molar-refractivity contribution is -0.145. The van der Waals surface area contributed by atoms with Crippen LogP contribution in [-0.2, 0) is 9.59 Å². The minimum atomic E-state index is -0.881. The van der Waals surface area contributed by atoms with Crippen molar-refractivity contribution < 1.29 is 19.5 Å². The first-order valence-corrected chi connectivity index (χ1v) is 7.72. The van der Waals surface area contributed by atoms with Gasteiger partial charge in [0.05, 0.1) is 18.2 Å². The summed E-state index contributed by atoms with van der Waals surface area (Å²) in [5.74, 6) is -1.94. The van der Waals surface area contributed by atoms with Crippen LogP contribution in [0.4, 0.5) is 0 Å². The molecule has 2 heterocycles. The number of carbonyl (C=O) groups excluding carboxylic acids is 2. The number of aromatic nitrogens is 2. The minimum Gasteiger partial charge on any atom is -0.481 e. The number of aryl methyl sites for hydroxylation is 1. The maximum absolute atomic E-state index is 12.2. The predicted octanol–water partition coefficient (Wildman–Crippen LogP) is 0.242. The Bertz CT molecular complexity index is 588. The van der Waals surface area contributed by atoms with Crippen molar-refractivity contribution in [1.29, 1.82) is 0 Å². The molecule has 1 fully saturated rings. The van der Waals surface area contributed by atoms with Crippen molar-refractivity contribution in [2.24, 2.45) is 5.92 Å². The average molecular weight is 326 g/mol. The fraction of sp³-hybridized carbons (Fsp3) is 0.615. The number of likely N-dealkylation sites (N-methyl/N-ethyl adjacent to an activating group) is 1. The van der Waals surface area contributed by atoms with Crippen LogP contribution in [0.5, 0.6) is 0 Å². The smallest absolute Gasteiger partial charge is 0.308 e. The SMILES string of the molecule is Cc1nnsc1C(=O)N(C)CC(=O)N1CCCC(C(=O)O)C1. The highest BCUT2D eigenvalue weighted by Gasteiger charge is 2.29. The van der Waals surface area contributed by atoms with Crippen LogP contribution in [0.2, 0.25) is 0 Å². The van der Waals surface area contributed by atoms with E-state index in [1.807, 2.05) is 0 Å². The van der Waals surface area contributed by atoms with E-state index in [2.05, 4.69) is 9.59 Å². The summed E-state index contributed by atoms with van der Waals surface area (Å²) in [4.78, 5) is 38.7. The van der Waals surface area contributed by atoms with Crippen LogP contribution in [0.25, 0.3) is 0 Å². The molecule has 0 radical (unpaired) electrons. The number of aliphatic carboxylic acids is 1. The van der Waals surface area contributed by atoms with Gasteiger partial charge in [-0.1, -0.05) is 4.49 Å². The maximum atomic E-state index is 12.2. The largest absolute Gasteiger partial charge is 0.481 e. The topological polar surface area (TPSA) is 104 Å². The highest BCUT2D eigenvalue weighted by molar-refractivity contribution is 7.07. The van der Waals surface area contributed by atoms with Crippen molar-refractivity contribution in [2.45, 2.75) is 19.8 Å². The standard InChI is InChI=1S/C13H18N4O4S/c1-8-11(22-15-14-8)12(19)16(2)7-10(18)17-5-3-4-9(6-17)13(20)21/h9H,3-7H2,1-2H3,(H,20,21). The molecule has 0 aliphatic carbocycles. The molecule has 1 unspecified atom stereocenters. The molecular weight excluding hydrogens is 308 g/mol. The third-order valence-corrected chi connectivity index (χ3v) is 4.50. The highest BCUT2D eigenvalue weighted by Crippen LogP contribution is 2.17. The molecule has 22 heavy (non-hydrogen) atoms. The van der Waals surface area contributed by atoms with Gasteiger partial charge < -0.3 is 14.9 Å². The van der Waals surface area contributed by atoms with Gasteiger partial charge >= 0.3 is 5.97 Å². The van der Waals surface area contributed by atoms with Gasteiger partial charge in [0.25, 0.3) is 5.91 Å². The van der Waals surface area contributed by atoms with Gasteiger partial charge in [-0.15, -0.1) is 5.10 Å². The number of carbonyl (C=O) groups is 3. The number of likely N-dealkylation sites (tertiary alicyclic amines) is 1. The molecule has 1 aromatic heterocycles. The summed E-state index contributed by atoms with van der Waals surface area (Å²) < 4.78 is 3.71. The Morgan fingerprint density at radius 1 is 1.45 bits per heavy atom. The Hall–Kier alpha value is -2.03. The van der Waals surface area contributed by atoms with Crippen LogP contribution in [0.1, 0.15) is 28.2 Å². The van der Waals surface area contributed by atoms with Crippen molar-refractivity contribution in [3.05, 3.63) is 10.6 Å². The zero-order valence-corrected chi connectivity index (χ0v) is 13.3. The lowest BCUT2D eigenvalue weighted by atomic mass is 9.98. The summed E-state index contributed by atoms with van der Waals surface area (Å²) in [6.07, 6.45) is 1.25. The van der Waals surface area contributed by atoms with E-state index in [1.54, 1.807) is 6.92 Å². The van der Waals surface area contributed by atoms with Crippen LogP contribution < -0.4 is 0 Å². The molecule has 1 aliphatic heterocycles. The molecule has 0 saturated carbocycles. The summed E-state index contributed by atoms with van der Waals surface area (Å²) in [6, 6.07) is 0. The first kappa shape index (κ1) is 16.3. The Morgan fingerprint density at radius 3 is 2.77 bits per heavy atom. The van der Waals surface area contributed by atoms with Crippen LogP contribution in [0, 0.1) is 12.8 Å². The Labute approximate surface area is 131 Å². The molecule has 2 amide bonds. The molecule has 1 N–H and O–H groups in total. The first-order valence-electron chi connectivity index (χ1n) is 6.95. The number of carboxylic acid groups (broad SMARTS) is 1. The van der Waals surface area contributed by atoms with E-state index in [-0.39, 0.29) is 24.9 Å². The van der Waals surface area contributed by atoms with Crippen LogP contribution in [-0.4, -0.2) is 69.0 Å². The zero-order chi connectivity index (χ0) is 16.3. The van der Waals surface area contributed by atoms with E-state index < -0.39 is 11.9 Å². The first-order chi connectivity index (χ1) is 10.4. The molecule has 8 nitrogen and oxygen atoms in total. The average Bonchev–Trinajstić information content (AvgIpc) is 2.92. The van der Waals surface area contributed by atoms with Gasteiger partial charge in [-0.3, -0.25) is 14.4 Å². The van der Waals surface area contributed by atoms with Gasteiger partial charge in [0.1, 0.15) is 4.88 Å². The van der Waals surface area contributed by atoms with Crippen molar-refractivity contribution in [3.8, 4) is 0 Å². The molecular formula is C13H18N4O4S. The van der Waals surface area contributed by atoms with E-state index in [9.17, 15) is 14.4 Å². The third kappa shape index (κ3) is 3.59. The van der Waals surface area contributed by atoms with Gasteiger partial charge in [0, 0.05) is 20.1 Å². The number of hydrogen-bond donors (Lipinski definition) is 1. The van der Waals surface area contributed by atoms with E-state index >= 15 is 0 Å². The third-order valence-electron chi connectivity index (χ3n) is 3.69. The fourth-order valence-electron chi connectivity index (χ4n) is 2.38. The van der Waals surface area contributed by atoms with Gasteiger partial charge in [-0.05, 0) is 31.3 Å². The fourth-order valence-corrected chi connectivity index (χ4v) is 3.03. The van der Waals surface area contributed by atoms with Crippen molar-refractivity contribution in [3.63, 3.8) is 0 Å². The summed E-state index contributed by atoms with van der Waals surface area (Å²) in [5.41, 5.74) is 0.540. The van der Waals surface area contributed by atoms with E-state index in [0.29, 0.717) is 30.0 Å². The highest BCUT2D eigenvalue weighted by atomic mass is 32.1. The molecule has 1 aromatic rings. The molecule has 9 heteroatoms. The number of piperidine rings is 1. The molecule has 1 aliphatic rings. The van der Waals surface area contributed by atoms with E-state index in [0.717, 1.165) is 11.5 Å². The van der Waals surface area contributed by atoms with Crippen LogP contribution in [0.15, 0.2) is 0 Å². The molecule has 0 bridgehead atoms. The van der Waals surface area contributed by atoms with Gasteiger partial charge in [-0.2, -0.15) is 0 Å². The number of amides is 2. The van der Waals surface area contributed by atoms with Gasteiger partial charge in [0.15, 0.2) is 0 Å². The second-order valence-corrected chi connectivity index (χ2v) is 6.12. The van der Waals surface area contributed by atoms with Crippen LogP contribution >= 0.6 is 11.5 Å². The maximum Gasteiger partial charge on any atom is 0.308 e. The molecule has 0 aromatic carbocycles. The summed E-state index contributed by atoms with van der Waals surface area (Å²) in [5, 5.41) is 12.8. The van der Waals surface area contributed by atoms with Gasteiger partial charge in [-0.25, -0.2) is 0 Å². The summed E-state index contributed by atoms with van der Waals surface area (Å²) in [7, 11) is 1.54. The molecule has 1 saturated heterocycles.